The lowest BCUT2D eigenvalue weighted by molar-refractivity contribution is 0.0820. The fraction of sp³-hybridized carbons (Fsp3) is 0.538. The number of nitrogens with zero attached hydrogens (tertiary/aromatic N) is 1. The van der Waals surface area contributed by atoms with Crippen LogP contribution in [0.1, 0.15) is 16.7 Å². The lowest BCUT2D eigenvalue weighted by Gasteiger charge is -2.29. The van der Waals surface area contributed by atoms with E-state index in [4.69, 9.17) is 4.74 Å². The first kappa shape index (κ1) is 12.3. The van der Waals surface area contributed by atoms with E-state index in [9.17, 15) is 8.78 Å². The third-order valence-corrected chi connectivity index (χ3v) is 3.20. The van der Waals surface area contributed by atoms with Crippen LogP contribution in [0.5, 0.6) is 5.75 Å². The third kappa shape index (κ3) is 2.75. The largest absolute Gasteiger partial charge is 0.496 e. The highest BCUT2D eigenvalue weighted by atomic mass is 19.3. The molecule has 0 saturated heterocycles. The van der Waals surface area contributed by atoms with Gasteiger partial charge in [-0.2, -0.15) is 0 Å². The minimum absolute atomic E-state index is 0.134. The highest BCUT2D eigenvalue weighted by Crippen LogP contribution is 2.27. The van der Waals surface area contributed by atoms with Crippen LogP contribution in [0.15, 0.2) is 12.1 Å². The molecule has 0 amide bonds. The summed E-state index contributed by atoms with van der Waals surface area (Å²) < 4.78 is 29.9. The first-order valence-electron chi connectivity index (χ1n) is 5.77. The van der Waals surface area contributed by atoms with Gasteiger partial charge in [0.1, 0.15) is 5.75 Å². The summed E-state index contributed by atoms with van der Waals surface area (Å²) in [5.41, 5.74) is 3.43. The maximum atomic E-state index is 12.3. The van der Waals surface area contributed by atoms with E-state index in [0.29, 0.717) is 13.1 Å². The Morgan fingerprint density at radius 2 is 2.12 bits per heavy atom. The highest BCUT2D eigenvalue weighted by Gasteiger charge is 2.20. The van der Waals surface area contributed by atoms with Crippen molar-refractivity contribution < 1.29 is 13.5 Å². The fourth-order valence-electron chi connectivity index (χ4n) is 2.34. The van der Waals surface area contributed by atoms with Gasteiger partial charge in [-0.25, -0.2) is 8.78 Å². The number of rotatable bonds is 3. The molecule has 0 bridgehead atoms. The lowest BCUT2D eigenvalue weighted by Crippen LogP contribution is -2.34. The van der Waals surface area contributed by atoms with E-state index in [1.165, 1.54) is 5.56 Å². The molecule has 0 spiro atoms. The molecule has 1 aliphatic heterocycles. The summed E-state index contributed by atoms with van der Waals surface area (Å²) in [6.07, 6.45) is -1.44. The highest BCUT2D eigenvalue weighted by molar-refractivity contribution is 5.43. The van der Waals surface area contributed by atoms with Gasteiger partial charge in [-0.1, -0.05) is 6.07 Å². The van der Waals surface area contributed by atoms with Crippen molar-refractivity contribution in [1.29, 1.82) is 0 Å². The second-order valence-corrected chi connectivity index (χ2v) is 4.47. The zero-order valence-electron chi connectivity index (χ0n) is 10.2. The number of aryl methyl sites for hydroxylation is 1. The van der Waals surface area contributed by atoms with Crippen molar-refractivity contribution in [2.75, 3.05) is 20.2 Å². The Balaban J connectivity index is 2.18. The van der Waals surface area contributed by atoms with Gasteiger partial charge in [-0.05, 0) is 36.1 Å². The summed E-state index contributed by atoms with van der Waals surface area (Å²) in [5.74, 6) is 0.881. The number of hydrogen-bond acceptors (Lipinski definition) is 2. The van der Waals surface area contributed by atoms with Crippen molar-refractivity contribution >= 4 is 0 Å². The number of fused-ring (bicyclic) bond motifs is 1. The van der Waals surface area contributed by atoms with Gasteiger partial charge >= 0.3 is 0 Å². The van der Waals surface area contributed by atoms with E-state index >= 15 is 0 Å². The number of halogens is 2. The van der Waals surface area contributed by atoms with Crippen molar-refractivity contribution in [3.05, 3.63) is 28.8 Å². The maximum Gasteiger partial charge on any atom is 0.251 e. The van der Waals surface area contributed by atoms with Crippen LogP contribution in [0.25, 0.3) is 0 Å². The Labute approximate surface area is 100 Å². The number of ether oxygens (including phenoxy) is 1. The van der Waals surface area contributed by atoms with Crippen molar-refractivity contribution in [1.82, 2.24) is 4.90 Å². The molecule has 2 rings (SSSR count). The van der Waals surface area contributed by atoms with E-state index in [0.717, 1.165) is 23.3 Å². The SMILES string of the molecule is COc1cc2c(cc1C)CN(CC(F)F)CC2. The number of alkyl halides is 2. The Morgan fingerprint density at radius 3 is 2.76 bits per heavy atom. The molecule has 1 heterocycles. The molecule has 2 nitrogen and oxygen atoms in total. The topological polar surface area (TPSA) is 12.5 Å². The Morgan fingerprint density at radius 1 is 1.35 bits per heavy atom. The molecule has 1 aromatic carbocycles. The molecule has 0 saturated carbocycles. The van der Waals surface area contributed by atoms with Crippen LogP contribution >= 0.6 is 0 Å². The lowest BCUT2D eigenvalue weighted by atomic mass is 9.97. The second-order valence-electron chi connectivity index (χ2n) is 4.47. The standard InChI is InChI=1S/C13H17F2NO/c1-9-5-11-7-16(8-13(14)15)4-3-10(11)6-12(9)17-2/h5-6,13H,3-4,7-8H2,1-2H3. The van der Waals surface area contributed by atoms with Gasteiger partial charge in [-0.15, -0.1) is 0 Å². The fourth-order valence-corrected chi connectivity index (χ4v) is 2.34. The molecule has 0 aliphatic carbocycles. The van der Waals surface area contributed by atoms with E-state index < -0.39 is 6.43 Å². The smallest absolute Gasteiger partial charge is 0.251 e. The molecule has 0 fully saturated rings. The maximum absolute atomic E-state index is 12.3. The average Bonchev–Trinajstić information content (AvgIpc) is 2.27. The van der Waals surface area contributed by atoms with Gasteiger partial charge in [0, 0.05) is 13.1 Å². The van der Waals surface area contributed by atoms with Gasteiger partial charge in [-0.3, -0.25) is 4.90 Å². The predicted molar refractivity (Wildman–Crippen MR) is 62.7 cm³/mol. The minimum atomic E-state index is -2.25. The van der Waals surface area contributed by atoms with Crippen molar-refractivity contribution in [3.63, 3.8) is 0 Å². The van der Waals surface area contributed by atoms with Gasteiger partial charge < -0.3 is 4.74 Å². The normalized spacial score (nSPS) is 16.1. The van der Waals surface area contributed by atoms with Crippen molar-refractivity contribution in [2.45, 2.75) is 26.3 Å². The third-order valence-electron chi connectivity index (χ3n) is 3.20. The molecule has 94 valence electrons. The summed E-state index contributed by atoms with van der Waals surface area (Å²) in [6.45, 7) is 3.16. The van der Waals surface area contributed by atoms with Gasteiger partial charge in [0.25, 0.3) is 6.43 Å². The summed E-state index contributed by atoms with van der Waals surface area (Å²) in [6, 6.07) is 4.08. The van der Waals surface area contributed by atoms with Crippen LogP contribution in [0.2, 0.25) is 0 Å². The molecule has 17 heavy (non-hydrogen) atoms. The molecule has 0 unspecified atom stereocenters. The molecule has 0 atom stereocenters. The second kappa shape index (κ2) is 5.00. The van der Waals surface area contributed by atoms with Crippen LogP contribution in [-0.4, -0.2) is 31.5 Å². The minimum Gasteiger partial charge on any atom is -0.496 e. The molecule has 0 N–H and O–H groups in total. The van der Waals surface area contributed by atoms with Crippen molar-refractivity contribution in [3.8, 4) is 5.75 Å². The summed E-state index contributed by atoms with van der Waals surface area (Å²) in [7, 11) is 1.65. The first-order valence-corrected chi connectivity index (χ1v) is 5.77. The summed E-state index contributed by atoms with van der Waals surface area (Å²) in [4.78, 5) is 1.80. The summed E-state index contributed by atoms with van der Waals surface area (Å²) >= 11 is 0. The van der Waals surface area contributed by atoms with Crippen LogP contribution in [0.3, 0.4) is 0 Å². The van der Waals surface area contributed by atoms with Gasteiger partial charge in [0.2, 0.25) is 0 Å². The van der Waals surface area contributed by atoms with E-state index in [1.54, 1.807) is 12.0 Å². The quantitative estimate of drug-likeness (QED) is 0.806. The van der Waals surface area contributed by atoms with E-state index in [1.807, 2.05) is 19.1 Å². The Hall–Kier alpha value is -1.16. The van der Waals surface area contributed by atoms with E-state index in [-0.39, 0.29) is 6.54 Å². The zero-order chi connectivity index (χ0) is 12.4. The zero-order valence-corrected chi connectivity index (χ0v) is 10.2. The first-order chi connectivity index (χ1) is 8.10. The Bertz CT molecular complexity index is 407. The molecular weight excluding hydrogens is 224 g/mol. The predicted octanol–water partition coefficient (Wildman–Crippen LogP) is 2.63. The molecule has 4 heteroatoms. The number of hydrogen-bond donors (Lipinski definition) is 0. The number of benzene rings is 1. The van der Waals surface area contributed by atoms with Crippen LogP contribution in [0, 0.1) is 6.92 Å². The molecule has 1 aromatic rings. The monoisotopic (exact) mass is 241 g/mol. The molecular formula is C13H17F2NO. The molecule has 0 radical (unpaired) electrons. The number of methoxy groups -OCH3 is 1. The van der Waals surface area contributed by atoms with Crippen LogP contribution in [-0.2, 0) is 13.0 Å². The van der Waals surface area contributed by atoms with E-state index in [2.05, 4.69) is 0 Å². The average molecular weight is 241 g/mol. The summed E-state index contributed by atoms with van der Waals surface area (Å²) in [5, 5.41) is 0. The van der Waals surface area contributed by atoms with Gasteiger partial charge in [0.15, 0.2) is 0 Å². The molecule has 0 aromatic heterocycles. The Kier molecular flexibility index (Phi) is 3.62. The molecule has 1 aliphatic rings. The van der Waals surface area contributed by atoms with Crippen LogP contribution < -0.4 is 4.74 Å². The van der Waals surface area contributed by atoms with Crippen molar-refractivity contribution in [2.24, 2.45) is 0 Å². The van der Waals surface area contributed by atoms with Crippen LogP contribution in [0.4, 0.5) is 8.78 Å². The van der Waals surface area contributed by atoms with Gasteiger partial charge in [0.05, 0.1) is 13.7 Å².